The van der Waals surface area contributed by atoms with Crippen molar-refractivity contribution in [2.45, 2.75) is 39.0 Å². The van der Waals surface area contributed by atoms with Crippen LogP contribution in [0.25, 0.3) is 5.78 Å². The summed E-state index contributed by atoms with van der Waals surface area (Å²) in [5.74, 6) is -1.50. The van der Waals surface area contributed by atoms with Gasteiger partial charge in [0.15, 0.2) is 6.10 Å². The highest BCUT2D eigenvalue weighted by Gasteiger charge is 2.37. The minimum absolute atomic E-state index is 0.0485. The molecule has 3 heterocycles. The van der Waals surface area contributed by atoms with Gasteiger partial charge in [-0.2, -0.15) is 18.2 Å². The lowest BCUT2D eigenvalue weighted by molar-refractivity contribution is -0.144. The third-order valence-electron chi connectivity index (χ3n) is 5.68. The van der Waals surface area contributed by atoms with Crippen LogP contribution in [0.15, 0.2) is 24.3 Å². The lowest BCUT2D eigenvalue weighted by atomic mass is 10.1. The second-order valence-corrected chi connectivity index (χ2v) is 8.22. The van der Waals surface area contributed by atoms with E-state index in [0.717, 1.165) is 4.52 Å². The highest BCUT2D eigenvalue weighted by atomic mass is 19.4. The number of anilines is 1. The molecule has 180 valence electrons. The summed E-state index contributed by atoms with van der Waals surface area (Å²) in [4.78, 5) is 36.3. The summed E-state index contributed by atoms with van der Waals surface area (Å²) in [6, 6.07) is 6.96. The first-order valence-corrected chi connectivity index (χ1v) is 10.5. The van der Waals surface area contributed by atoms with Crippen molar-refractivity contribution in [3.8, 4) is 5.75 Å². The number of hydrogen-bond donors (Lipinski definition) is 0. The predicted molar refractivity (Wildman–Crippen MR) is 115 cm³/mol. The highest BCUT2D eigenvalue weighted by Crippen LogP contribution is 2.34. The summed E-state index contributed by atoms with van der Waals surface area (Å²) in [5.41, 5.74) is 2.08. The van der Waals surface area contributed by atoms with E-state index in [0.29, 0.717) is 28.4 Å². The van der Waals surface area contributed by atoms with E-state index < -0.39 is 18.1 Å². The van der Waals surface area contributed by atoms with Gasteiger partial charge in [0.2, 0.25) is 5.91 Å². The molecule has 0 bridgehead atoms. The number of nitrogens with zero attached hydrogens (tertiary/aromatic N) is 6. The third kappa shape index (κ3) is 4.27. The van der Waals surface area contributed by atoms with Crippen molar-refractivity contribution in [2.24, 2.45) is 0 Å². The van der Waals surface area contributed by atoms with Crippen molar-refractivity contribution >= 4 is 23.3 Å². The van der Waals surface area contributed by atoms with Crippen LogP contribution >= 0.6 is 0 Å². The van der Waals surface area contributed by atoms with E-state index in [1.807, 2.05) is 0 Å². The van der Waals surface area contributed by atoms with Gasteiger partial charge >= 0.3 is 6.18 Å². The first-order valence-electron chi connectivity index (χ1n) is 10.5. The van der Waals surface area contributed by atoms with E-state index in [1.54, 1.807) is 52.2 Å². The van der Waals surface area contributed by atoms with Crippen molar-refractivity contribution in [1.82, 2.24) is 24.5 Å². The Morgan fingerprint density at radius 1 is 1.18 bits per heavy atom. The normalized spacial score (nSPS) is 15.7. The molecule has 0 fully saturated rings. The number of fused-ring (bicyclic) bond motifs is 2. The van der Waals surface area contributed by atoms with E-state index >= 15 is 0 Å². The van der Waals surface area contributed by atoms with Crippen molar-refractivity contribution in [2.75, 3.05) is 25.5 Å². The van der Waals surface area contributed by atoms with Crippen LogP contribution in [0.5, 0.6) is 5.75 Å². The van der Waals surface area contributed by atoms with Gasteiger partial charge in [-0.25, -0.2) is 9.50 Å². The van der Waals surface area contributed by atoms with Crippen molar-refractivity contribution in [3.05, 3.63) is 47.0 Å². The van der Waals surface area contributed by atoms with Gasteiger partial charge < -0.3 is 14.5 Å². The molecular formula is C22H23F3N6O3. The second kappa shape index (κ2) is 8.58. The maximum atomic E-state index is 13.2. The number of para-hydroxylation sites is 2. The minimum atomic E-state index is -4.69. The molecule has 0 N–H and O–H groups in total. The van der Waals surface area contributed by atoms with Crippen LogP contribution in [0, 0.1) is 13.8 Å². The molecule has 4 rings (SSSR count). The zero-order chi connectivity index (χ0) is 24.8. The van der Waals surface area contributed by atoms with Crippen LogP contribution < -0.4 is 9.64 Å². The molecule has 0 saturated carbocycles. The molecule has 34 heavy (non-hydrogen) atoms. The lowest BCUT2D eigenvalue weighted by Crippen LogP contribution is -2.50. The number of halogens is 3. The molecule has 12 heteroatoms. The van der Waals surface area contributed by atoms with Gasteiger partial charge in [-0.15, -0.1) is 5.10 Å². The van der Waals surface area contributed by atoms with Gasteiger partial charge in [0, 0.05) is 31.9 Å². The average Bonchev–Trinajstić information content (AvgIpc) is 3.22. The lowest BCUT2D eigenvalue weighted by Gasteiger charge is -2.35. The van der Waals surface area contributed by atoms with Gasteiger partial charge in [0.25, 0.3) is 17.5 Å². The Labute approximate surface area is 193 Å². The average molecular weight is 476 g/mol. The highest BCUT2D eigenvalue weighted by molar-refractivity contribution is 5.97. The molecule has 1 aliphatic heterocycles. The van der Waals surface area contributed by atoms with Gasteiger partial charge in [-0.3, -0.25) is 9.59 Å². The predicted octanol–water partition coefficient (Wildman–Crippen LogP) is 2.57. The van der Waals surface area contributed by atoms with Crippen molar-refractivity contribution in [3.63, 3.8) is 0 Å². The Morgan fingerprint density at radius 2 is 1.88 bits per heavy atom. The molecule has 9 nitrogen and oxygen atoms in total. The van der Waals surface area contributed by atoms with Crippen LogP contribution in [0.3, 0.4) is 0 Å². The van der Waals surface area contributed by atoms with Crippen LogP contribution in [-0.2, 0) is 22.2 Å². The second-order valence-electron chi connectivity index (χ2n) is 8.22. The number of carbonyl (C=O) groups excluding carboxylic acids is 2. The Kier molecular flexibility index (Phi) is 5.92. The van der Waals surface area contributed by atoms with E-state index in [2.05, 4.69) is 15.1 Å². The molecule has 0 saturated heterocycles. The number of aryl methyl sites for hydroxylation is 2. The van der Waals surface area contributed by atoms with Crippen LogP contribution in [0.2, 0.25) is 0 Å². The van der Waals surface area contributed by atoms with E-state index in [4.69, 9.17) is 4.74 Å². The first kappa shape index (κ1) is 23.5. The summed E-state index contributed by atoms with van der Waals surface area (Å²) in [6.45, 7) is 3.33. The van der Waals surface area contributed by atoms with Gasteiger partial charge in [0.05, 0.1) is 12.2 Å². The Morgan fingerprint density at radius 3 is 2.56 bits per heavy atom. The Balaban J connectivity index is 1.59. The number of carbonyl (C=O) groups is 2. The van der Waals surface area contributed by atoms with Crippen LogP contribution in [-0.4, -0.2) is 63.0 Å². The largest absolute Gasteiger partial charge is 0.476 e. The van der Waals surface area contributed by atoms with Crippen LogP contribution in [0.4, 0.5) is 18.9 Å². The third-order valence-corrected chi connectivity index (χ3v) is 5.68. The fourth-order valence-electron chi connectivity index (χ4n) is 3.94. The molecule has 2 amide bonds. The SMILES string of the molecule is Cc1nc2nc(C(F)(F)F)nn2c(C)c1CCC(=O)N1CC(C(=O)N(C)C)Oc2ccccc21. The topological polar surface area (TPSA) is 92.9 Å². The number of hydrogen-bond acceptors (Lipinski definition) is 6. The van der Waals surface area contributed by atoms with E-state index in [9.17, 15) is 22.8 Å². The van der Waals surface area contributed by atoms with Crippen LogP contribution in [0.1, 0.15) is 29.2 Å². The Hall–Kier alpha value is -3.70. The van der Waals surface area contributed by atoms with E-state index in [1.165, 1.54) is 9.80 Å². The summed E-state index contributed by atoms with van der Waals surface area (Å²) >= 11 is 0. The molecular weight excluding hydrogens is 453 g/mol. The molecule has 1 atom stereocenters. The summed E-state index contributed by atoms with van der Waals surface area (Å²) in [5, 5.41) is 3.54. The number of amides is 2. The maximum absolute atomic E-state index is 13.2. The van der Waals surface area contributed by atoms with Gasteiger partial charge in [0.1, 0.15) is 5.75 Å². The van der Waals surface area contributed by atoms with Crippen molar-refractivity contribution < 1.29 is 27.5 Å². The zero-order valence-electron chi connectivity index (χ0n) is 19.0. The molecule has 2 aromatic heterocycles. The number of benzene rings is 1. The molecule has 0 radical (unpaired) electrons. The van der Waals surface area contributed by atoms with Gasteiger partial charge in [-0.05, 0) is 38.0 Å². The minimum Gasteiger partial charge on any atom is -0.476 e. The molecule has 3 aromatic rings. The molecule has 1 aromatic carbocycles. The molecule has 1 aliphatic rings. The van der Waals surface area contributed by atoms with Gasteiger partial charge in [-0.1, -0.05) is 12.1 Å². The summed E-state index contributed by atoms with van der Waals surface area (Å²) < 4.78 is 45.9. The molecule has 0 aliphatic carbocycles. The number of likely N-dealkylation sites (N-methyl/N-ethyl adjacent to an activating group) is 1. The number of rotatable bonds is 4. The van der Waals surface area contributed by atoms with Crippen molar-refractivity contribution in [1.29, 1.82) is 0 Å². The summed E-state index contributed by atoms with van der Waals surface area (Å²) in [6.07, 6.45) is -5.25. The fourth-order valence-corrected chi connectivity index (χ4v) is 3.94. The quantitative estimate of drug-likeness (QED) is 0.575. The summed E-state index contributed by atoms with van der Waals surface area (Å²) in [7, 11) is 3.23. The van der Waals surface area contributed by atoms with E-state index in [-0.39, 0.29) is 37.0 Å². The number of alkyl halides is 3. The smallest absolute Gasteiger partial charge is 0.453 e. The fraction of sp³-hybridized carbons (Fsp3) is 0.409. The molecule has 0 spiro atoms. The monoisotopic (exact) mass is 476 g/mol. The number of aromatic nitrogens is 4. The first-order chi connectivity index (χ1) is 16.0. The Bertz CT molecular complexity index is 1270. The zero-order valence-corrected chi connectivity index (χ0v) is 19.0. The number of ether oxygens (including phenoxy) is 1. The molecule has 1 unspecified atom stereocenters. The standard InChI is InChI=1S/C22H23F3N6O3/c1-12-14(13(2)31-21(26-12)27-20(28-31)22(23,24)25)9-10-18(32)30-11-17(19(33)29(3)4)34-16-8-6-5-7-15(16)30/h5-8,17H,9-11H2,1-4H3. The maximum Gasteiger partial charge on any atom is 0.453 e.